The van der Waals surface area contributed by atoms with E-state index < -0.39 is 22.1 Å². The lowest BCUT2D eigenvalue weighted by atomic mass is 10.1. The van der Waals surface area contributed by atoms with Crippen molar-refractivity contribution in [1.29, 1.82) is 0 Å². The van der Waals surface area contributed by atoms with Crippen LogP contribution in [0.1, 0.15) is 28.8 Å². The fraction of sp³-hybridized carbons (Fsp3) is 0.556. The number of amides is 1. The van der Waals surface area contributed by atoms with E-state index in [-0.39, 0.29) is 29.5 Å². The lowest BCUT2D eigenvalue weighted by Crippen LogP contribution is -2.52. The predicted molar refractivity (Wildman–Crippen MR) is 96.8 cm³/mol. The van der Waals surface area contributed by atoms with Crippen LogP contribution in [0.5, 0.6) is 0 Å². The largest absolute Gasteiger partial charge is 0.465 e. The van der Waals surface area contributed by atoms with Crippen molar-refractivity contribution in [3.05, 3.63) is 29.3 Å². The summed E-state index contributed by atoms with van der Waals surface area (Å²) in [6.07, 6.45) is 1.20. The average molecular weight is 396 g/mol. The van der Waals surface area contributed by atoms with Crippen LogP contribution in [0.2, 0.25) is 0 Å². The Kier molecular flexibility index (Phi) is 5.83. The van der Waals surface area contributed by atoms with Gasteiger partial charge in [0.15, 0.2) is 0 Å². The van der Waals surface area contributed by atoms with Gasteiger partial charge in [0, 0.05) is 32.8 Å². The zero-order valence-corrected chi connectivity index (χ0v) is 16.3. The first-order valence-electron chi connectivity index (χ1n) is 8.94. The van der Waals surface area contributed by atoms with Gasteiger partial charge in [-0.2, -0.15) is 4.31 Å². The minimum Gasteiger partial charge on any atom is -0.465 e. The normalized spacial score (nSPS) is 21.3. The number of ether oxygens (including phenoxy) is 2. The third-order valence-corrected chi connectivity index (χ3v) is 7.02. The number of piperazine rings is 1. The van der Waals surface area contributed by atoms with Crippen LogP contribution in [-0.2, 0) is 24.3 Å². The molecule has 2 saturated heterocycles. The lowest BCUT2D eigenvalue weighted by molar-refractivity contribution is -0.142. The van der Waals surface area contributed by atoms with E-state index in [4.69, 9.17) is 4.74 Å². The minimum absolute atomic E-state index is 0.0617. The molecule has 0 aliphatic carbocycles. The molecule has 148 valence electrons. The Morgan fingerprint density at radius 3 is 2.48 bits per heavy atom. The summed E-state index contributed by atoms with van der Waals surface area (Å²) in [7, 11) is -2.52. The maximum atomic E-state index is 13.0. The minimum atomic E-state index is -3.77. The highest BCUT2D eigenvalue weighted by Crippen LogP contribution is 2.24. The number of carbonyl (C=O) groups is 2. The van der Waals surface area contributed by atoms with Gasteiger partial charge in [0.25, 0.3) is 5.91 Å². The van der Waals surface area contributed by atoms with Crippen molar-refractivity contribution >= 4 is 21.9 Å². The molecule has 2 heterocycles. The standard InChI is InChI=1S/C18H24N2O6S/c1-13-5-6-14(18(22)25-2)12-16(13)27(23,24)20-9-7-19(8-10-20)17(21)15-4-3-11-26-15/h5-6,12,15H,3-4,7-11H2,1-2H3/t15-/m1/s1. The number of carbonyl (C=O) groups excluding carboxylic acids is 2. The van der Waals surface area contributed by atoms with Crippen molar-refractivity contribution in [3.8, 4) is 0 Å². The molecule has 2 aliphatic rings. The van der Waals surface area contributed by atoms with Crippen LogP contribution < -0.4 is 0 Å². The van der Waals surface area contributed by atoms with E-state index in [1.165, 1.54) is 17.5 Å². The molecular formula is C18H24N2O6S. The fourth-order valence-corrected chi connectivity index (χ4v) is 5.06. The summed E-state index contributed by atoms with van der Waals surface area (Å²) >= 11 is 0. The number of rotatable bonds is 4. The zero-order chi connectivity index (χ0) is 19.6. The molecule has 0 unspecified atom stereocenters. The maximum Gasteiger partial charge on any atom is 0.337 e. The Labute approximate surface area is 159 Å². The summed E-state index contributed by atoms with van der Waals surface area (Å²) in [6, 6.07) is 4.48. The Bertz CT molecular complexity index is 824. The molecular weight excluding hydrogens is 372 g/mol. The predicted octanol–water partition coefficient (Wildman–Crippen LogP) is 0.794. The number of hydrogen-bond acceptors (Lipinski definition) is 6. The van der Waals surface area contributed by atoms with Gasteiger partial charge in [-0.25, -0.2) is 13.2 Å². The second-order valence-corrected chi connectivity index (χ2v) is 8.61. The molecule has 0 aromatic heterocycles. The van der Waals surface area contributed by atoms with Crippen molar-refractivity contribution < 1.29 is 27.5 Å². The van der Waals surface area contributed by atoms with E-state index in [0.29, 0.717) is 25.3 Å². The lowest BCUT2D eigenvalue weighted by Gasteiger charge is -2.35. The molecule has 2 aliphatic heterocycles. The number of hydrogen-bond donors (Lipinski definition) is 0. The number of aryl methyl sites for hydroxylation is 1. The van der Waals surface area contributed by atoms with E-state index in [9.17, 15) is 18.0 Å². The van der Waals surface area contributed by atoms with E-state index in [2.05, 4.69) is 4.74 Å². The molecule has 0 N–H and O–H groups in total. The first kappa shape index (κ1) is 19.8. The van der Waals surface area contributed by atoms with Crippen LogP contribution in [0.15, 0.2) is 23.1 Å². The molecule has 1 amide bonds. The number of methoxy groups -OCH3 is 1. The summed E-state index contributed by atoms with van der Waals surface area (Å²) in [5.74, 6) is -0.646. The first-order chi connectivity index (χ1) is 12.8. The van der Waals surface area contributed by atoms with E-state index in [1.807, 2.05) is 0 Å². The quantitative estimate of drug-likeness (QED) is 0.699. The molecule has 0 saturated carbocycles. The van der Waals surface area contributed by atoms with Crippen LogP contribution >= 0.6 is 0 Å². The summed E-state index contributed by atoms with van der Waals surface area (Å²) in [6.45, 7) is 3.36. The molecule has 2 fully saturated rings. The Balaban J connectivity index is 1.73. The van der Waals surface area contributed by atoms with Gasteiger partial charge in [-0.15, -0.1) is 0 Å². The smallest absolute Gasteiger partial charge is 0.337 e. The molecule has 27 heavy (non-hydrogen) atoms. The average Bonchev–Trinajstić information content (AvgIpc) is 3.22. The van der Waals surface area contributed by atoms with Gasteiger partial charge in [-0.3, -0.25) is 4.79 Å². The summed E-state index contributed by atoms with van der Waals surface area (Å²) in [5, 5.41) is 0. The zero-order valence-electron chi connectivity index (χ0n) is 15.5. The van der Waals surface area contributed by atoms with Crippen molar-refractivity contribution in [1.82, 2.24) is 9.21 Å². The van der Waals surface area contributed by atoms with Gasteiger partial charge in [0.1, 0.15) is 6.10 Å². The van der Waals surface area contributed by atoms with Crippen LogP contribution in [0, 0.1) is 6.92 Å². The maximum absolute atomic E-state index is 13.0. The van der Waals surface area contributed by atoms with E-state index in [1.54, 1.807) is 24.0 Å². The van der Waals surface area contributed by atoms with Gasteiger partial charge in [0.2, 0.25) is 10.0 Å². The molecule has 0 bridgehead atoms. The van der Waals surface area contributed by atoms with Crippen molar-refractivity contribution in [2.75, 3.05) is 39.9 Å². The highest BCUT2D eigenvalue weighted by Gasteiger charge is 2.34. The molecule has 3 rings (SSSR count). The third kappa shape index (κ3) is 3.99. The van der Waals surface area contributed by atoms with Gasteiger partial charge in [-0.1, -0.05) is 6.07 Å². The van der Waals surface area contributed by atoms with Crippen molar-refractivity contribution in [2.24, 2.45) is 0 Å². The fourth-order valence-electron chi connectivity index (χ4n) is 3.39. The summed E-state index contributed by atoms with van der Waals surface area (Å²) in [4.78, 5) is 25.9. The van der Waals surface area contributed by atoms with Crippen LogP contribution in [0.4, 0.5) is 0 Å². The Morgan fingerprint density at radius 2 is 1.89 bits per heavy atom. The van der Waals surface area contributed by atoms with Crippen LogP contribution in [0.25, 0.3) is 0 Å². The number of benzene rings is 1. The molecule has 1 atom stereocenters. The second kappa shape index (κ2) is 7.95. The molecule has 1 aromatic carbocycles. The van der Waals surface area contributed by atoms with Crippen molar-refractivity contribution in [3.63, 3.8) is 0 Å². The highest BCUT2D eigenvalue weighted by molar-refractivity contribution is 7.89. The molecule has 1 aromatic rings. The van der Waals surface area contributed by atoms with E-state index >= 15 is 0 Å². The van der Waals surface area contributed by atoms with Crippen LogP contribution in [0.3, 0.4) is 0 Å². The van der Waals surface area contributed by atoms with E-state index in [0.717, 1.165) is 12.8 Å². The Morgan fingerprint density at radius 1 is 1.19 bits per heavy atom. The molecule has 0 spiro atoms. The topological polar surface area (TPSA) is 93.2 Å². The summed E-state index contributed by atoms with van der Waals surface area (Å²) < 4.78 is 37.6. The second-order valence-electron chi connectivity index (χ2n) is 6.70. The third-order valence-electron chi connectivity index (χ3n) is 4.98. The van der Waals surface area contributed by atoms with Crippen LogP contribution in [-0.4, -0.2) is 75.5 Å². The Hall–Kier alpha value is -1.97. The highest BCUT2D eigenvalue weighted by atomic mass is 32.2. The van der Waals surface area contributed by atoms with Crippen molar-refractivity contribution in [2.45, 2.75) is 30.8 Å². The molecule has 0 radical (unpaired) electrons. The summed E-state index contributed by atoms with van der Waals surface area (Å²) in [5.41, 5.74) is 0.745. The monoisotopic (exact) mass is 396 g/mol. The number of nitrogens with zero attached hydrogens (tertiary/aromatic N) is 2. The molecule has 8 nitrogen and oxygen atoms in total. The van der Waals surface area contributed by atoms with Gasteiger partial charge >= 0.3 is 5.97 Å². The van der Waals surface area contributed by atoms with Gasteiger partial charge in [0.05, 0.1) is 17.6 Å². The van der Waals surface area contributed by atoms with Gasteiger partial charge in [-0.05, 0) is 37.5 Å². The number of esters is 1. The van der Waals surface area contributed by atoms with Gasteiger partial charge < -0.3 is 14.4 Å². The SMILES string of the molecule is COC(=O)c1ccc(C)c(S(=O)(=O)N2CCN(C(=O)[C@H]3CCCO3)CC2)c1. The number of sulfonamides is 1. The molecule has 9 heteroatoms. The first-order valence-corrected chi connectivity index (χ1v) is 10.4.